The molecule has 0 amide bonds. The van der Waals surface area contributed by atoms with Crippen LogP contribution in [0.3, 0.4) is 0 Å². The first-order valence-electron chi connectivity index (χ1n) is 6.42. The second-order valence-corrected chi connectivity index (χ2v) is 4.46. The zero-order valence-electron chi connectivity index (χ0n) is 11.6. The van der Waals surface area contributed by atoms with Crippen molar-refractivity contribution in [1.29, 1.82) is 0 Å². The molecular formula is C16H15N3O2. The third kappa shape index (κ3) is 4.58. The quantitative estimate of drug-likeness (QED) is 0.511. The highest BCUT2D eigenvalue weighted by atomic mass is 16.6. The molecule has 0 aliphatic rings. The van der Waals surface area contributed by atoms with Gasteiger partial charge in [0.1, 0.15) is 0 Å². The molecular weight excluding hydrogens is 266 g/mol. The number of rotatable bonds is 5. The number of anilines is 1. The third-order valence-electron chi connectivity index (χ3n) is 2.80. The molecule has 0 heterocycles. The van der Waals surface area contributed by atoms with Gasteiger partial charge in [-0.05, 0) is 42.8 Å². The van der Waals surface area contributed by atoms with E-state index in [0.717, 1.165) is 11.3 Å². The average molecular weight is 281 g/mol. The first kappa shape index (κ1) is 14.5. The summed E-state index contributed by atoms with van der Waals surface area (Å²) in [6, 6.07) is 14.2. The highest BCUT2D eigenvalue weighted by molar-refractivity contribution is 5.78. The smallest absolute Gasteiger partial charge is 0.269 e. The normalized spacial score (nSPS) is 11.1. The van der Waals surface area contributed by atoms with Crippen molar-refractivity contribution in [3.63, 3.8) is 0 Å². The molecule has 5 nitrogen and oxygen atoms in total. The molecule has 0 bridgehead atoms. The number of benzene rings is 2. The van der Waals surface area contributed by atoms with Gasteiger partial charge in [0, 0.05) is 18.3 Å². The minimum Gasteiger partial charge on any atom is -0.279 e. The molecule has 0 aromatic heterocycles. The number of nitro benzene ring substituents is 1. The van der Waals surface area contributed by atoms with Crippen LogP contribution < -0.4 is 5.43 Å². The second kappa shape index (κ2) is 7.00. The van der Waals surface area contributed by atoms with Crippen LogP contribution >= 0.6 is 0 Å². The molecule has 0 aliphatic carbocycles. The summed E-state index contributed by atoms with van der Waals surface area (Å²) in [5, 5.41) is 14.6. The highest BCUT2D eigenvalue weighted by Gasteiger charge is 2.01. The summed E-state index contributed by atoms with van der Waals surface area (Å²) in [6.45, 7) is 2.03. The minimum atomic E-state index is -0.416. The van der Waals surface area contributed by atoms with Gasteiger partial charge in [-0.1, -0.05) is 23.8 Å². The Morgan fingerprint density at radius 3 is 2.38 bits per heavy atom. The zero-order chi connectivity index (χ0) is 15.1. The molecule has 0 saturated carbocycles. The number of non-ortho nitro benzene ring substituents is 1. The van der Waals surface area contributed by atoms with E-state index in [-0.39, 0.29) is 5.69 Å². The number of hydrogen-bond acceptors (Lipinski definition) is 4. The fourth-order valence-corrected chi connectivity index (χ4v) is 1.64. The summed E-state index contributed by atoms with van der Waals surface area (Å²) >= 11 is 0. The lowest BCUT2D eigenvalue weighted by Gasteiger charge is -1.98. The van der Waals surface area contributed by atoms with E-state index in [1.165, 1.54) is 17.7 Å². The summed E-state index contributed by atoms with van der Waals surface area (Å²) in [7, 11) is 0. The first-order chi connectivity index (χ1) is 10.1. The number of nitro groups is 1. The summed E-state index contributed by atoms with van der Waals surface area (Å²) in [5.74, 6) is 0. The number of hydrazone groups is 1. The Morgan fingerprint density at radius 2 is 1.76 bits per heavy atom. The van der Waals surface area contributed by atoms with E-state index in [1.54, 1.807) is 24.4 Å². The predicted molar refractivity (Wildman–Crippen MR) is 85.4 cm³/mol. The lowest BCUT2D eigenvalue weighted by molar-refractivity contribution is -0.384. The van der Waals surface area contributed by atoms with E-state index in [1.807, 2.05) is 37.3 Å². The molecule has 0 aliphatic heterocycles. The fourth-order valence-electron chi connectivity index (χ4n) is 1.64. The van der Waals surface area contributed by atoms with Gasteiger partial charge >= 0.3 is 0 Å². The van der Waals surface area contributed by atoms with Crippen molar-refractivity contribution in [1.82, 2.24) is 0 Å². The predicted octanol–water partition coefficient (Wildman–Crippen LogP) is 4.01. The molecule has 106 valence electrons. The molecule has 2 aromatic rings. The van der Waals surface area contributed by atoms with Gasteiger partial charge in [0.25, 0.3) is 5.69 Å². The minimum absolute atomic E-state index is 0.0851. The Bertz CT molecular complexity index is 659. The molecule has 0 radical (unpaired) electrons. The number of nitrogens with zero attached hydrogens (tertiary/aromatic N) is 2. The van der Waals surface area contributed by atoms with Crippen LogP contribution in [-0.4, -0.2) is 11.1 Å². The van der Waals surface area contributed by atoms with Crippen molar-refractivity contribution in [3.05, 3.63) is 75.8 Å². The van der Waals surface area contributed by atoms with Gasteiger partial charge in [-0.2, -0.15) is 5.10 Å². The van der Waals surface area contributed by atoms with Crippen LogP contribution in [0, 0.1) is 17.0 Å². The Labute approximate surface area is 122 Å². The molecule has 21 heavy (non-hydrogen) atoms. The average Bonchev–Trinajstić information content (AvgIpc) is 2.49. The molecule has 2 rings (SSSR count). The summed E-state index contributed by atoms with van der Waals surface area (Å²) in [6.07, 6.45) is 5.22. The van der Waals surface area contributed by atoms with Gasteiger partial charge in [-0.15, -0.1) is 0 Å². The maximum Gasteiger partial charge on any atom is 0.269 e. The SMILES string of the molecule is Cc1ccc(N/N=C/C=C/c2ccc([N+](=O)[O-])cc2)cc1. The second-order valence-electron chi connectivity index (χ2n) is 4.46. The van der Waals surface area contributed by atoms with E-state index < -0.39 is 4.92 Å². The van der Waals surface area contributed by atoms with Crippen molar-refractivity contribution in [2.45, 2.75) is 6.92 Å². The van der Waals surface area contributed by atoms with E-state index in [0.29, 0.717) is 0 Å². The van der Waals surface area contributed by atoms with Gasteiger partial charge in [-0.3, -0.25) is 15.5 Å². The van der Waals surface area contributed by atoms with Gasteiger partial charge < -0.3 is 0 Å². The molecule has 0 fully saturated rings. The van der Waals surface area contributed by atoms with Crippen LogP contribution in [0.1, 0.15) is 11.1 Å². The van der Waals surface area contributed by atoms with Crippen LogP contribution in [0.4, 0.5) is 11.4 Å². The standard InChI is InChI=1S/C16H15N3O2/c1-13-4-8-15(9-5-13)18-17-12-2-3-14-6-10-16(11-7-14)19(20)21/h2-12,18H,1H3/b3-2+,17-12+. The van der Waals surface area contributed by atoms with Gasteiger partial charge in [-0.25, -0.2) is 0 Å². The lowest BCUT2D eigenvalue weighted by Crippen LogP contribution is -1.88. The van der Waals surface area contributed by atoms with Crippen LogP contribution in [0.15, 0.2) is 59.7 Å². The monoisotopic (exact) mass is 281 g/mol. The fraction of sp³-hybridized carbons (Fsp3) is 0.0625. The van der Waals surface area contributed by atoms with E-state index in [9.17, 15) is 10.1 Å². The molecule has 0 atom stereocenters. The van der Waals surface area contributed by atoms with Crippen LogP contribution in [0.2, 0.25) is 0 Å². The number of nitrogens with one attached hydrogen (secondary N) is 1. The number of aryl methyl sites for hydroxylation is 1. The Morgan fingerprint density at radius 1 is 1.10 bits per heavy atom. The van der Waals surface area contributed by atoms with Gasteiger partial charge in [0.2, 0.25) is 0 Å². The molecule has 1 N–H and O–H groups in total. The van der Waals surface area contributed by atoms with Gasteiger partial charge in [0.05, 0.1) is 10.6 Å². The summed E-state index contributed by atoms with van der Waals surface area (Å²) < 4.78 is 0. The van der Waals surface area contributed by atoms with E-state index >= 15 is 0 Å². The van der Waals surface area contributed by atoms with Crippen molar-refractivity contribution in [2.24, 2.45) is 5.10 Å². The van der Waals surface area contributed by atoms with E-state index in [4.69, 9.17) is 0 Å². The summed E-state index contributed by atoms with van der Waals surface area (Å²) in [5.41, 5.74) is 5.99. The van der Waals surface area contributed by atoms with E-state index in [2.05, 4.69) is 10.5 Å². The zero-order valence-corrected chi connectivity index (χ0v) is 11.6. The largest absolute Gasteiger partial charge is 0.279 e. The third-order valence-corrected chi connectivity index (χ3v) is 2.80. The van der Waals surface area contributed by atoms with Crippen molar-refractivity contribution >= 4 is 23.7 Å². The molecule has 2 aromatic carbocycles. The number of hydrogen-bond donors (Lipinski definition) is 1. The van der Waals surface area contributed by atoms with Crippen molar-refractivity contribution < 1.29 is 4.92 Å². The molecule has 5 heteroatoms. The molecule has 0 saturated heterocycles. The number of allylic oxidation sites excluding steroid dienone is 1. The topological polar surface area (TPSA) is 67.5 Å². The molecule has 0 unspecified atom stereocenters. The van der Waals surface area contributed by atoms with Gasteiger partial charge in [0.15, 0.2) is 0 Å². The van der Waals surface area contributed by atoms with Crippen LogP contribution in [0.5, 0.6) is 0 Å². The lowest BCUT2D eigenvalue weighted by atomic mass is 10.2. The maximum absolute atomic E-state index is 10.5. The van der Waals surface area contributed by atoms with Crippen molar-refractivity contribution in [2.75, 3.05) is 5.43 Å². The Kier molecular flexibility index (Phi) is 4.82. The highest BCUT2D eigenvalue weighted by Crippen LogP contribution is 2.12. The first-order valence-corrected chi connectivity index (χ1v) is 6.42. The van der Waals surface area contributed by atoms with Crippen LogP contribution in [0.25, 0.3) is 6.08 Å². The Hall–Kier alpha value is -2.95. The molecule has 0 spiro atoms. The van der Waals surface area contributed by atoms with Crippen molar-refractivity contribution in [3.8, 4) is 0 Å². The maximum atomic E-state index is 10.5. The van der Waals surface area contributed by atoms with Crippen LogP contribution in [-0.2, 0) is 0 Å². The summed E-state index contributed by atoms with van der Waals surface area (Å²) in [4.78, 5) is 10.1. The Balaban J connectivity index is 1.88.